The first kappa shape index (κ1) is 15.5. The number of hydrogen-bond acceptors (Lipinski definition) is 6. The van der Waals surface area contributed by atoms with E-state index in [1.165, 1.54) is 12.8 Å². The lowest BCUT2D eigenvalue weighted by molar-refractivity contribution is -0.145. The van der Waals surface area contributed by atoms with Crippen molar-refractivity contribution in [1.82, 2.24) is 9.97 Å². The zero-order chi connectivity index (χ0) is 15.1. The number of hydrogen-bond donors (Lipinski definition) is 0. The van der Waals surface area contributed by atoms with Crippen molar-refractivity contribution >= 4 is 11.9 Å². The Morgan fingerprint density at radius 1 is 1.24 bits per heavy atom. The van der Waals surface area contributed by atoms with Gasteiger partial charge in [-0.2, -0.15) is 4.98 Å². The van der Waals surface area contributed by atoms with Crippen molar-refractivity contribution in [3.8, 4) is 5.88 Å². The van der Waals surface area contributed by atoms with Crippen LogP contribution in [0.1, 0.15) is 38.3 Å². The van der Waals surface area contributed by atoms with E-state index in [4.69, 9.17) is 9.47 Å². The van der Waals surface area contributed by atoms with Crippen LogP contribution in [0.4, 0.5) is 5.95 Å². The number of ether oxygens (including phenoxy) is 2. The summed E-state index contributed by atoms with van der Waals surface area (Å²) in [4.78, 5) is 22.4. The molecule has 1 saturated heterocycles. The second-order valence-corrected chi connectivity index (χ2v) is 5.14. The molecule has 0 amide bonds. The first-order valence-corrected chi connectivity index (χ1v) is 7.58. The maximum Gasteiger partial charge on any atom is 0.344 e. The number of carbonyl (C=O) groups is 1. The molecule has 0 spiro atoms. The van der Waals surface area contributed by atoms with Crippen LogP contribution in [0.3, 0.4) is 0 Å². The highest BCUT2D eigenvalue weighted by atomic mass is 16.6. The fraction of sp³-hybridized carbons (Fsp3) is 0.667. The molecule has 116 valence electrons. The largest absolute Gasteiger partial charge is 0.466 e. The Hall–Kier alpha value is -1.85. The van der Waals surface area contributed by atoms with Gasteiger partial charge >= 0.3 is 5.97 Å². The highest BCUT2D eigenvalue weighted by molar-refractivity contribution is 5.71. The minimum atomic E-state index is -0.384. The number of carbonyl (C=O) groups excluding carboxylic acids is 1. The number of anilines is 1. The van der Waals surface area contributed by atoms with Crippen molar-refractivity contribution in [2.45, 2.75) is 39.5 Å². The Balaban J connectivity index is 2.03. The molecule has 1 aromatic heterocycles. The van der Waals surface area contributed by atoms with Crippen LogP contribution < -0.4 is 9.64 Å². The minimum Gasteiger partial charge on any atom is -0.466 e. The quantitative estimate of drug-likeness (QED) is 0.775. The molecule has 0 atom stereocenters. The predicted molar refractivity (Wildman–Crippen MR) is 79.6 cm³/mol. The van der Waals surface area contributed by atoms with Crippen molar-refractivity contribution in [2.24, 2.45) is 0 Å². The van der Waals surface area contributed by atoms with Gasteiger partial charge in [0.25, 0.3) is 0 Å². The Labute approximate surface area is 125 Å². The standard InChI is InChI=1S/C15H23N3O3/c1-3-20-14(19)11-21-13-10-12(2)16-15(17-13)18-8-6-4-5-7-9-18/h10H,3-9,11H2,1-2H3. The van der Waals surface area contributed by atoms with Gasteiger partial charge in [0, 0.05) is 24.8 Å². The van der Waals surface area contributed by atoms with Gasteiger partial charge in [-0.05, 0) is 26.7 Å². The van der Waals surface area contributed by atoms with Crippen molar-refractivity contribution in [3.63, 3.8) is 0 Å². The number of nitrogens with zero attached hydrogens (tertiary/aromatic N) is 3. The summed E-state index contributed by atoms with van der Waals surface area (Å²) in [6.45, 7) is 5.85. The fourth-order valence-corrected chi connectivity index (χ4v) is 2.35. The lowest BCUT2D eigenvalue weighted by Gasteiger charge is -2.20. The summed E-state index contributed by atoms with van der Waals surface area (Å²) in [5, 5.41) is 0. The Bertz CT molecular complexity index is 471. The summed E-state index contributed by atoms with van der Waals surface area (Å²) in [6.07, 6.45) is 4.84. The summed E-state index contributed by atoms with van der Waals surface area (Å²) >= 11 is 0. The molecule has 6 heteroatoms. The number of rotatable bonds is 5. The second-order valence-electron chi connectivity index (χ2n) is 5.14. The highest BCUT2D eigenvalue weighted by Gasteiger charge is 2.14. The van der Waals surface area contributed by atoms with Gasteiger partial charge in [-0.1, -0.05) is 12.8 Å². The molecule has 1 aromatic rings. The maximum absolute atomic E-state index is 11.3. The molecule has 0 aliphatic carbocycles. The zero-order valence-corrected chi connectivity index (χ0v) is 12.8. The van der Waals surface area contributed by atoms with Crippen LogP contribution in [0, 0.1) is 6.92 Å². The minimum absolute atomic E-state index is 0.121. The van der Waals surface area contributed by atoms with Crippen LogP contribution in [0.15, 0.2) is 6.07 Å². The van der Waals surface area contributed by atoms with E-state index in [1.807, 2.05) is 6.92 Å². The molecule has 0 bridgehead atoms. The second kappa shape index (κ2) is 7.81. The summed E-state index contributed by atoms with van der Waals surface area (Å²) < 4.78 is 10.3. The van der Waals surface area contributed by atoms with E-state index in [-0.39, 0.29) is 12.6 Å². The molecule has 21 heavy (non-hydrogen) atoms. The average molecular weight is 293 g/mol. The molecule has 2 heterocycles. The van der Waals surface area contributed by atoms with E-state index in [0.717, 1.165) is 31.6 Å². The molecule has 0 saturated carbocycles. The SMILES string of the molecule is CCOC(=O)COc1cc(C)nc(N2CCCCCC2)n1. The van der Waals surface area contributed by atoms with E-state index in [9.17, 15) is 4.79 Å². The van der Waals surface area contributed by atoms with Crippen molar-refractivity contribution < 1.29 is 14.3 Å². The van der Waals surface area contributed by atoms with E-state index >= 15 is 0 Å². The maximum atomic E-state index is 11.3. The Morgan fingerprint density at radius 2 is 1.95 bits per heavy atom. The predicted octanol–water partition coefficient (Wildman–Crippen LogP) is 2.11. The van der Waals surface area contributed by atoms with Gasteiger partial charge in [-0.3, -0.25) is 0 Å². The fourth-order valence-electron chi connectivity index (χ4n) is 2.35. The van der Waals surface area contributed by atoms with Crippen molar-refractivity contribution in [3.05, 3.63) is 11.8 Å². The van der Waals surface area contributed by atoms with E-state index in [1.54, 1.807) is 13.0 Å². The third-order valence-corrected chi connectivity index (χ3v) is 3.35. The van der Waals surface area contributed by atoms with Crippen molar-refractivity contribution in [2.75, 3.05) is 31.2 Å². The molecule has 1 aliphatic heterocycles. The Kier molecular flexibility index (Phi) is 5.78. The summed E-state index contributed by atoms with van der Waals surface area (Å²) in [7, 11) is 0. The molecule has 0 unspecified atom stereocenters. The lowest BCUT2D eigenvalue weighted by atomic mass is 10.2. The number of aryl methyl sites for hydroxylation is 1. The lowest BCUT2D eigenvalue weighted by Crippen LogP contribution is -2.26. The smallest absolute Gasteiger partial charge is 0.344 e. The van der Waals surface area contributed by atoms with Crippen LogP contribution in [-0.2, 0) is 9.53 Å². The molecule has 0 aromatic carbocycles. The van der Waals surface area contributed by atoms with Gasteiger partial charge in [0.05, 0.1) is 6.61 Å². The first-order valence-electron chi connectivity index (χ1n) is 7.58. The van der Waals surface area contributed by atoms with Gasteiger partial charge in [0.1, 0.15) is 0 Å². The van der Waals surface area contributed by atoms with Gasteiger partial charge in [-0.25, -0.2) is 9.78 Å². The van der Waals surface area contributed by atoms with Crippen LogP contribution in [0.2, 0.25) is 0 Å². The third-order valence-electron chi connectivity index (χ3n) is 3.35. The first-order chi connectivity index (χ1) is 10.2. The highest BCUT2D eigenvalue weighted by Crippen LogP contribution is 2.19. The molecule has 0 radical (unpaired) electrons. The zero-order valence-electron chi connectivity index (χ0n) is 12.8. The molecule has 1 fully saturated rings. The van der Waals surface area contributed by atoms with Crippen molar-refractivity contribution in [1.29, 1.82) is 0 Å². The molecule has 2 rings (SSSR count). The third kappa shape index (κ3) is 4.88. The summed E-state index contributed by atoms with van der Waals surface area (Å²) in [5.41, 5.74) is 0.836. The number of aromatic nitrogens is 2. The topological polar surface area (TPSA) is 64.6 Å². The number of esters is 1. The van der Waals surface area contributed by atoms with Crippen LogP contribution in [-0.4, -0.2) is 42.2 Å². The van der Waals surface area contributed by atoms with Gasteiger partial charge in [0.2, 0.25) is 11.8 Å². The molecule has 1 aliphatic rings. The van der Waals surface area contributed by atoms with E-state index < -0.39 is 0 Å². The van der Waals surface area contributed by atoms with Crippen LogP contribution in [0.5, 0.6) is 5.88 Å². The summed E-state index contributed by atoms with van der Waals surface area (Å²) in [5.74, 6) is 0.732. The van der Waals surface area contributed by atoms with Gasteiger partial charge in [-0.15, -0.1) is 0 Å². The normalized spacial score (nSPS) is 15.4. The van der Waals surface area contributed by atoms with E-state index in [0.29, 0.717) is 18.4 Å². The molecular weight excluding hydrogens is 270 g/mol. The monoisotopic (exact) mass is 293 g/mol. The summed E-state index contributed by atoms with van der Waals surface area (Å²) in [6, 6.07) is 1.74. The average Bonchev–Trinajstić information content (AvgIpc) is 2.74. The Morgan fingerprint density at radius 3 is 2.62 bits per heavy atom. The van der Waals surface area contributed by atoms with E-state index in [2.05, 4.69) is 14.9 Å². The van der Waals surface area contributed by atoms with Gasteiger partial charge in [0.15, 0.2) is 6.61 Å². The molecule has 6 nitrogen and oxygen atoms in total. The van der Waals surface area contributed by atoms with Gasteiger partial charge < -0.3 is 14.4 Å². The van der Waals surface area contributed by atoms with Crippen LogP contribution >= 0.6 is 0 Å². The van der Waals surface area contributed by atoms with Crippen LogP contribution in [0.25, 0.3) is 0 Å². The molecule has 0 N–H and O–H groups in total. The molecular formula is C15H23N3O3.